The first kappa shape index (κ1) is 25.1. The molecular weight excluding hydrogens is 408 g/mol. The molecule has 0 bridgehead atoms. The van der Waals surface area contributed by atoms with Crippen LogP contribution in [0.3, 0.4) is 0 Å². The zero-order chi connectivity index (χ0) is 23.7. The average molecular weight is 441 g/mol. The van der Waals surface area contributed by atoms with Crippen molar-refractivity contribution in [2.45, 2.75) is 59.7 Å². The standard InChI is InChI=1S/C26H32O6/c1-17(2)6-10-24(31-20(5)27)19(4)15-22(28)14-18(3)12-13-30-23-9-7-21-8-11-26(29)32-25(21)16-23/h6-9,11-12,15-16,22,24,28H,10,13-14H2,1-5H3/b18-12+,19-15+/t22-,24+/m0/s1. The van der Waals surface area contributed by atoms with E-state index in [-0.39, 0.29) is 5.97 Å². The Bertz CT molecular complexity index is 1070. The van der Waals surface area contributed by atoms with Crippen molar-refractivity contribution >= 4 is 16.9 Å². The number of hydrogen-bond donors (Lipinski definition) is 1. The van der Waals surface area contributed by atoms with Gasteiger partial charge in [-0.3, -0.25) is 4.79 Å². The lowest BCUT2D eigenvalue weighted by Crippen LogP contribution is -2.19. The van der Waals surface area contributed by atoms with Crippen LogP contribution in [0.15, 0.2) is 74.5 Å². The molecule has 2 aromatic rings. The number of ether oxygens (including phenoxy) is 2. The summed E-state index contributed by atoms with van der Waals surface area (Å²) in [5, 5.41) is 11.3. The number of hydrogen-bond acceptors (Lipinski definition) is 6. The molecule has 0 unspecified atom stereocenters. The van der Waals surface area contributed by atoms with Crippen molar-refractivity contribution in [1.82, 2.24) is 0 Å². The maximum absolute atomic E-state index is 11.4. The van der Waals surface area contributed by atoms with E-state index in [0.717, 1.165) is 22.1 Å². The molecule has 0 aliphatic heterocycles. The third kappa shape index (κ3) is 8.55. The van der Waals surface area contributed by atoms with Gasteiger partial charge in [-0.15, -0.1) is 0 Å². The van der Waals surface area contributed by atoms with Gasteiger partial charge in [0.2, 0.25) is 0 Å². The predicted molar refractivity (Wildman–Crippen MR) is 126 cm³/mol. The molecule has 1 heterocycles. The fraction of sp³-hybridized carbons (Fsp3) is 0.385. The van der Waals surface area contributed by atoms with Crippen LogP contribution in [0, 0.1) is 0 Å². The quantitative estimate of drug-likeness (QED) is 0.314. The Labute approximate surface area is 188 Å². The Morgan fingerprint density at radius 3 is 2.50 bits per heavy atom. The third-order valence-electron chi connectivity index (χ3n) is 4.82. The summed E-state index contributed by atoms with van der Waals surface area (Å²) in [6, 6.07) is 8.41. The van der Waals surface area contributed by atoms with Gasteiger partial charge in [0.15, 0.2) is 0 Å². The SMILES string of the molecule is CC(=O)O[C@H](CC=C(C)C)/C(C)=C/[C@@H](O)C/C(C)=C/COc1ccc2ccc(=O)oc2c1. The molecular formula is C26H32O6. The van der Waals surface area contributed by atoms with Crippen molar-refractivity contribution < 1.29 is 23.8 Å². The van der Waals surface area contributed by atoms with Gasteiger partial charge in [0, 0.05) is 30.9 Å². The third-order valence-corrected chi connectivity index (χ3v) is 4.82. The Balaban J connectivity index is 1.95. The summed E-state index contributed by atoms with van der Waals surface area (Å²) in [7, 11) is 0. The van der Waals surface area contributed by atoms with E-state index in [0.29, 0.717) is 30.8 Å². The summed E-state index contributed by atoms with van der Waals surface area (Å²) in [5.41, 5.74) is 2.98. The molecule has 2 atom stereocenters. The van der Waals surface area contributed by atoms with Gasteiger partial charge >= 0.3 is 11.6 Å². The molecule has 2 rings (SSSR count). The first-order valence-electron chi connectivity index (χ1n) is 10.6. The Morgan fingerprint density at radius 2 is 1.81 bits per heavy atom. The topological polar surface area (TPSA) is 86.0 Å². The van der Waals surface area contributed by atoms with Gasteiger partial charge in [0.05, 0.1) is 6.10 Å². The minimum Gasteiger partial charge on any atom is -0.489 e. The highest BCUT2D eigenvalue weighted by molar-refractivity contribution is 5.77. The van der Waals surface area contributed by atoms with Crippen molar-refractivity contribution in [2.24, 2.45) is 0 Å². The number of aliphatic hydroxyl groups is 1. The summed E-state index contributed by atoms with van der Waals surface area (Å²) in [4.78, 5) is 22.8. The smallest absolute Gasteiger partial charge is 0.336 e. The van der Waals surface area contributed by atoms with E-state index in [4.69, 9.17) is 13.9 Å². The van der Waals surface area contributed by atoms with Crippen LogP contribution in [0.5, 0.6) is 5.75 Å². The molecule has 0 saturated heterocycles. The fourth-order valence-electron chi connectivity index (χ4n) is 3.16. The molecule has 0 radical (unpaired) electrons. The molecule has 0 spiro atoms. The fourth-order valence-corrected chi connectivity index (χ4v) is 3.16. The zero-order valence-electron chi connectivity index (χ0n) is 19.4. The van der Waals surface area contributed by atoms with E-state index in [2.05, 4.69) is 0 Å². The minimum atomic E-state index is -0.703. The zero-order valence-corrected chi connectivity index (χ0v) is 19.4. The van der Waals surface area contributed by atoms with E-state index in [1.165, 1.54) is 13.0 Å². The number of benzene rings is 1. The van der Waals surface area contributed by atoms with E-state index in [1.807, 2.05) is 52.0 Å². The van der Waals surface area contributed by atoms with Gasteiger partial charge in [-0.05, 0) is 64.0 Å². The Hall–Kier alpha value is -3.12. The van der Waals surface area contributed by atoms with Gasteiger partial charge in [-0.2, -0.15) is 0 Å². The molecule has 6 nitrogen and oxygen atoms in total. The van der Waals surface area contributed by atoms with Crippen LogP contribution >= 0.6 is 0 Å². The minimum absolute atomic E-state index is 0.320. The van der Waals surface area contributed by atoms with E-state index >= 15 is 0 Å². The number of carbonyl (C=O) groups is 1. The summed E-state index contributed by atoms with van der Waals surface area (Å²) in [6.45, 7) is 9.46. The summed E-state index contributed by atoms with van der Waals surface area (Å²) < 4.78 is 16.3. The maximum Gasteiger partial charge on any atom is 0.336 e. The van der Waals surface area contributed by atoms with Crippen LogP contribution in [0.2, 0.25) is 0 Å². The average Bonchev–Trinajstić information content (AvgIpc) is 2.70. The molecule has 32 heavy (non-hydrogen) atoms. The van der Waals surface area contributed by atoms with E-state index in [1.54, 1.807) is 18.2 Å². The normalized spacial score (nSPS) is 14.1. The maximum atomic E-state index is 11.4. The Morgan fingerprint density at radius 1 is 1.09 bits per heavy atom. The summed E-state index contributed by atoms with van der Waals surface area (Å²) in [6.07, 6.45) is 5.55. The lowest BCUT2D eigenvalue weighted by molar-refractivity contribution is -0.144. The molecule has 0 fully saturated rings. The number of fused-ring (bicyclic) bond motifs is 1. The second-order valence-electron chi connectivity index (χ2n) is 8.11. The van der Waals surface area contributed by atoms with Crippen molar-refractivity contribution in [3.05, 3.63) is 75.7 Å². The largest absolute Gasteiger partial charge is 0.489 e. The van der Waals surface area contributed by atoms with E-state index < -0.39 is 17.8 Å². The molecule has 6 heteroatoms. The van der Waals surface area contributed by atoms with Crippen molar-refractivity contribution in [3.8, 4) is 5.75 Å². The van der Waals surface area contributed by atoms with Crippen molar-refractivity contribution in [1.29, 1.82) is 0 Å². The summed E-state index contributed by atoms with van der Waals surface area (Å²) in [5.74, 6) is 0.247. The number of esters is 1. The lowest BCUT2D eigenvalue weighted by atomic mass is 10.0. The van der Waals surface area contributed by atoms with Gasteiger partial charge in [0.1, 0.15) is 24.0 Å². The first-order chi connectivity index (χ1) is 15.1. The Kier molecular flexibility index (Phi) is 9.47. The van der Waals surface area contributed by atoms with Crippen molar-refractivity contribution in [3.63, 3.8) is 0 Å². The summed E-state index contributed by atoms with van der Waals surface area (Å²) >= 11 is 0. The highest BCUT2D eigenvalue weighted by Gasteiger charge is 2.14. The molecule has 172 valence electrons. The number of carbonyl (C=O) groups excluding carboxylic acids is 1. The van der Waals surface area contributed by atoms with E-state index in [9.17, 15) is 14.7 Å². The molecule has 1 N–H and O–H groups in total. The molecule has 1 aromatic heterocycles. The lowest BCUT2D eigenvalue weighted by Gasteiger charge is -2.18. The number of allylic oxidation sites excluding steroid dienone is 1. The number of rotatable bonds is 10. The van der Waals surface area contributed by atoms with Crippen LogP contribution in [-0.4, -0.2) is 29.9 Å². The first-order valence-corrected chi connectivity index (χ1v) is 10.6. The predicted octanol–water partition coefficient (Wildman–Crippen LogP) is 5.10. The monoisotopic (exact) mass is 440 g/mol. The highest BCUT2D eigenvalue weighted by atomic mass is 16.5. The molecule has 0 aliphatic carbocycles. The molecule has 1 aromatic carbocycles. The second kappa shape index (κ2) is 12.1. The number of aliphatic hydroxyl groups excluding tert-OH is 1. The highest BCUT2D eigenvalue weighted by Crippen LogP contribution is 2.20. The van der Waals surface area contributed by atoms with Gasteiger partial charge in [-0.25, -0.2) is 4.79 Å². The van der Waals surface area contributed by atoms with Crippen LogP contribution in [-0.2, 0) is 9.53 Å². The van der Waals surface area contributed by atoms with Crippen LogP contribution in [0.4, 0.5) is 0 Å². The van der Waals surface area contributed by atoms with Gasteiger partial charge in [0.25, 0.3) is 0 Å². The molecule has 0 amide bonds. The van der Waals surface area contributed by atoms with Crippen LogP contribution in [0.1, 0.15) is 47.5 Å². The molecule has 0 aliphatic rings. The van der Waals surface area contributed by atoms with Gasteiger partial charge < -0.3 is 19.0 Å². The van der Waals surface area contributed by atoms with Crippen molar-refractivity contribution in [2.75, 3.05) is 6.61 Å². The van der Waals surface area contributed by atoms with Crippen LogP contribution < -0.4 is 10.4 Å². The molecule has 0 saturated carbocycles. The second-order valence-corrected chi connectivity index (χ2v) is 8.11. The van der Waals surface area contributed by atoms with Crippen LogP contribution in [0.25, 0.3) is 11.0 Å². The van der Waals surface area contributed by atoms with Gasteiger partial charge in [-0.1, -0.05) is 23.3 Å².